The summed E-state index contributed by atoms with van der Waals surface area (Å²) in [4.78, 5) is 102. The quantitative estimate of drug-likeness (QED) is 0.0420. The van der Waals surface area contributed by atoms with Crippen LogP contribution in [-0.2, 0) is 66.8 Å². The lowest BCUT2D eigenvalue weighted by Crippen LogP contribution is -2.35. The van der Waals surface area contributed by atoms with Gasteiger partial charge in [-0.1, -0.05) is 158 Å². The molecule has 17 heteroatoms. The van der Waals surface area contributed by atoms with E-state index in [-0.39, 0.29) is 92.3 Å². The van der Waals surface area contributed by atoms with Gasteiger partial charge in [-0.05, 0) is 38.0 Å². The number of Topliss-reactive ketones (excluding diaryl/α,β-unsaturated/α-hetero) is 5. The molecule has 0 heterocycles. The van der Waals surface area contributed by atoms with E-state index in [0.29, 0.717) is 123 Å². The molecule has 3 N–H and O–H groups in total. The fraction of sp³-hybridized carbons (Fsp3) is 0.859. The Kier molecular flexibility index (Phi) is 47.9. The number of carbonyl (C=O) groups is 9. The molecule has 0 aliphatic heterocycles. The third kappa shape index (κ3) is 50.3. The van der Waals surface area contributed by atoms with Gasteiger partial charge in [0.25, 0.3) is 0 Å². The zero-order valence-corrected chi connectivity index (χ0v) is 55.3. The fourth-order valence-corrected chi connectivity index (χ4v) is 7.20. The van der Waals surface area contributed by atoms with Crippen LogP contribution in [0.3, 0.4) is 0 Å². The Morgan fingerprint density at radius 2 is 0.778 bits per heavy atom. The van der Waals surface area contributed by atoms with E-state index in [9.17, 15) is 43.2 Å². The SMILES string of the molecule is CCC(=O)NCCC(=O)C(C)(C)C.CCC(=O)NCCOCCOCCC(=O)C(C)(C)C.CCC(=O)OCCOCCOCCC(=O)C(C)(C)C.CCC1CCC(C(=O)NCCC(=O)C(C)(C)C)CC1.CCCC(C)C(=O)C(C)(C)C. The summed E-state index contributed by atoms with van der Waals surface area (Å²) in [6.07, 6.45) is 10.8. The molecular formula is C64H121N3O14. The zero-order chi connectivity index (χ0) is 63.5. The van der Waals surface area contributed by atoms with Gasteiger partial charge < -0.3 is 39.6 Å². The first-order valence-corrected chi connectivity index (χ1v) is 30.3. The number of rotatable bonds is 32. The van der Waals surface area contributed by atoms with Crippen LogP contribution in [-0.4, -0.2) is 132 Å². The summed E-state index contributed by atoms with van der Waals surface area (Å²) in [6.45, 7) is 45.8. The predicted molar refractivity (Wildman–Crippen MR) is 325 cm³/mol. The molecule has 1 atom stereocenters. The Bertz CT molecular complexity index is 1700. The van der Waals surface area contributed by atoms with Gasteiger partial charge in [-0.2, -0.15) is 0 Å². The van der Waals surface area contributed by atoms with Crippen molar-refractivity contribution in [1.29, 1.82) is 0 Å². The Labute approximate surface area is 492 Å². The first kappa shape index (κ1) is 83.5. The molecule has 17 nitrogen and oxygen atoms in total. The van der Waals surface area contributed by atoms with Gasteiger partial charge >= 0.3 is 5.97 Å². The Morgan fingerprint density at radius 3 is 1.14 bits per heavy atom. The zero-order valence-electron chi connectivity index (χ0n) is 55.3. The Balaban J connectivity index is -0.000000464. The number of amides is 3. The van der Waals surface area contributed by atoms with Crippen LogP contribution in [0.25, 0.3) is 0 Å². The summed E-state index contributed by atoms with van der Waals surface area (Å²) in [6, 6.07) is 0. The number of hydrogen-bond acceptors (Lipinski definition) is 14. The van der Waals surface area contributed by atoms with Crippen LogP contribution in [0.15, 0.2) is 0 Å². The van der Waals surface area contributed by atoms with Gasteiger partial charge in [0.2, 0.25) is 17.7 Å². The second-order valence-electron chi connectivity index (χ2n) is 25.8. The van der Waals surface area contributed by atoms with Gasteiger partial charge in [0.05, 0.1) is 52.9 Å². The normalized spacial score (nSPS) is 14.7. The molecule has 1 saturated carbocycles. The van der Waals surface area contributed by atoms with Crippen molar-refractivity contribution in [2.75, 3.05) is 79.1 Å². The summed E-state index contributed by atoms with van der Waals surface area (Å²) in [5, 5.41) is 8.32. The van der Waals surface area contributed by atoms with E-state index >= 15 is 0 Å². The number of hydrogen-bond donors (Lipinski definition) is 3. The topological polar surface area (TPSA) is 236 Å². The molecule has 0 saturated heterocycles. The molecule has 0 spiro atoms. The van der Waals surface area contributed by atoms with E-state index < -0.39 is 0 Å². The largest absolute Gasteiger partial charge is 0.463 e. The predicted octanol–water partition coefficient (Wildman–Crippen LogP) is 11.4. The molecule has 0 bridgehead atoms. The minimum atomic E-state index is -0.303. The molecule has 1 aliphatic carbocycles. The summed E-state index contributed by atoms with van der Waals surface area (Å²) in [7, 11) is 0. The van der Waals surface area contributed by atoms with E-state index in [1.54, 1.807) is 13.8 Å². The molecule has 0 radical (unpaired) electrons. The van der Waals surface area contributed by atoms with Crippen molar-refractivity contribution in [3.63, 3.8) is 0 Å². The molecule has 1 unspecified atom stereocenters. The Hall–Kier alpha value is -3.93. The lowest BCUT2D eigenvalue weighted by Gasteiger charge is -2.27. The highest BCUT2D eigenvalue weighted by Crippen LogP contribution is 2.31. The molecule has 476 valence electrons. The lowest BCUT2D eigenvalue weighted by molar-refractivity contribution is -0.145. The standard InChI is InChI=1S/C16H29NO2.C14H27NO4.C14H26O5.C10H19NO2.C10H20O/c1-5-12-6-8-13(9-7-12)15(19)17-11-10-14(18)16(2,3)4;1-5-13(17)15-7-9-19-11-10-18-8-6-12(16)14(2,3)4;1-5-13(16)19-11-10-18-9-8-17-7-6-12(15)14(2,3)4;1-5-9(13)11-7-6-8(12)10(2,3)4;1-6-7-8(2)9(11)10(3,4)5/h12-13H,5-11H2,1-4H3,(H,17,19);5-11H2,1-4H3,(H,15,17);5-11H2,1-4H3;5-7H2,1-4H3,(H,11,13);8H,6-7H2,1-5H3. The first-order valence-electron chi connectivity index (χ1n) is 30.3. The van der Waals surface area contributed by atoms with E-state index in [1.807, 2.05) is 118 Å². The number of esters is 1. The monoisotopic (exact) mass is 1160 g/mol. The molecule has 1 rings (SSSR count). The lowest BCUT2D eigenvalue weighted by atomic mass is 9.80. The average Bonchev–Trinajstić information content (AvgIpc) is 3.38. The minimum Gasteiger partial charge on any atom is -0.463 e. The van der Waals surface area contributed by atoms with Gasteiger partial charge in [0, 0.05) is 103 Å². The Morgan fingerprint density at radius 1 is 0.420 bits per heavy atom. The van der Waals surface area contributed by atoms with Gasteiger partial charge in [-0.15, -0.1) is 0 Å². The minimum absolute atomic E-state index is 0.00158. The number of nitrogens with one attached hydrogen (secondary N) is 3. The molecular weight excluding hydrogens is 1030 g/mol. The van der Waals surface area contributed by atoms with Gasteiger partial charge in [0.15, 0.2) is 0 Å². The molecule has 0 aromatic heterocycles. The maximum Gasteiger partial charge on any atom is 0.305 e. The highest BCUT2D eigenvalue weighted by Gasteiger charge is 2.28. The van der Waals surface area contributed by atoms with Gasteiger partial charge in [-0.3, -0.25) is 43.2 Å². The maximum absolute atomic E-state index is 12.0. The van der Waals surface area contributed by atoms with Crippen molar-refractivity contribution in [3.8, 4) is 0 Å². The van der Waals surface area contributed by atoms with Crippen molar-refractivity contribution in [2.24, 2.45) is 44.8 Å². The van der Waals surface area contributed by atoms with E-state index in [0.717, 1.165) is 31.6 Å². The van der Waals surface area contributed by atoms with Gasteiger partial charge in [0.1, 0.15) is 35.5 Å². The average molecular weight is 1160 g/mol. The summed E-state index contributed by atoms with van der Waals surface area (Å²) in [5.74, 6) is 2.36. The van der Waals surface area contributed by atoms with Crippen LogP contribution >= 0.6 is 0 Å². The van der Waals surface area contributed by atoms with Crippen molar-refractivity contribution in [1.82, 2.24) is 16.0 Å². The van der Waals surface area contributed by atoms with Crippen molar-refractivity contribution < 1.29 is 66.8 Å². The van der Waals surface area contributed by atoms with Crippen molar-refractivity contribution in [3.05, 3.63) is 0 Å². The van der Waals surface area contributed by atoms with Crippen LogP contribution in [0.1, 0.15) is 235 Å². The van der Waals surface area contributed by atoms with Crippen molar-refractivity contribution >= 4 is 52.6 Å². The van der Waals surface area contributed by atoms with E-state index in [1.165, 1.54) is 19.3 Å². The molecule has 1 aliphatic rings. The van der Waals surface area contributed by atoms with Crippen LogP contribution in [0, 0.1) is 44.8 Å². The van der Waals surface area contributed by atoms with E-state index in [4.69, 9.17) is 23.7 Å². The molecule has 81 heavy (non-hydrogen) atoms. The second kappa shape index (κ2) is 46.4. The highest BCUT2D eigenvalue weighted by atomic mass is 16.6. The number of ether oxygens (including phenoxy) is 5. The molecule has 0 aromatic carbocycles. The summed E-state index contributed by atoms with van der Waals surface area (Å²) >= 11 is 0. The van der Waals surface area contributed by atoms with Crippen LogP contribution in [0.5, 0.6) is 0 Å². The summed E-state index contributed by atoms with van der Waals surface area (Å²) < 4.78 is 25.9. The van der Waals surface area contributed by atoms with Crippen LogP contribution < -0.4 is 16.0 Å². The van der Waals surface area contributed by atoms with Gasteiger partial charge in [-0.25, -0.2) is 0 Å². The number of carbonyl (C=O) groups excluding carboxylic acids is 9. The molecule has 0 aromatic rings. The van der Waals surface area contributed by atoms with E-state index in [2.05, 4.69) is 29.8 Å². The number of ketones is 5. The molecule has 1 fully saturated rings. The smallest absolute Gasteiger partial charge is 0.305 e. The highest BCUT2D eigenvalue weighted by molar-refractivity contribution is 5.86. The summed E-state index contributed by atoms with van der Waals surface area (Å²) in [5.41, 5.74) is -1.35. The third-order valence-corrected chi connectivity index (χ3v) is 13.1. The first-order chi connectivity index (χ1) is 37.4. The van der Waals surface area contributed by atoms with Crippen molar-refractivity contribution in [2.45, 2.75) is 235 Å². The molecule has 3 amide bonds. The van der Waals surface area contributed by atoms with Crippen LogP contribution in [0.2, 0.25) is 0 Å². The maximum atomic E-state index is 12.0. The fourth-order valence-electron chi connectivity index (χ4n) is 7.20. The second-order valence-corrected chi connectivity index (χ2v) is 25.8. The van der Waals surface area contributed by atoms with Crippen LogP contribution in [0.4, 0.5) is 0 Å². The third-order valence-electron chi connectivity index (χ3n) is 13.1.